The Balaban J connectivity index is 4.61. The Hall–Kier alpha value is -2.70. The summed E-state index contributed by atoms with van der Waals surface area (Å²) >= 11 is 0. The molecule has 6 nitrogen and oxygen atoms in total. The van der Waals surface area contributed by atoms with Crippen LogP contribution in [0, 0.1) is 0 Å². The summed E-state index contributed by atoms with van der Waals surface area (Å²) in [5.41, 5.74) is 0. The second-order valence-electron chi connectivity index (χ2n) is 18.4. The lowest BCUT2D eigenvalue weighted by atomic mass is 10.0. The number of aliphatic hydroxyl groups is 2. The zero-order valence-electron chi connectivity index (χ0n) is 42.1. The van der Waals surface area contributed by atoms with Gasteiger partial charge in [-0.1, -0.05) is 254 Å². The minimum atomic E-state index is -0.802. The number of rotatable bonds is 48. The van der Waals surface area contributed by atoms with Gasteiger partial charge in [-0.25, -0.2) is 0 Å². The number of hydrogen-bond acceptors (Lipinski definition) is 5. The fourth-order valence-electron chi connectivity index (χ4n) is 7.99. The third-order valence-corrected chi connectivity index (χ3v) is 12.1. The van der Waals surface area contributed by atoms with Gasteiger partial charge in [-0.2, -0.15) is 0 Å². The Labute approximate surface area is 396 Å². The van der Waals surface area contributed by atoms with Crippen LogP contribution in [0.15, 0.2) is 72.9 Å². The number of carbonyl (C=O) groups excluding carboxylic acids is 2. The molecule has 1 amide bonds. The Morgan fingerprint density at radius 1 is 0.453 bits per heavy atom. The van der Waals surface area contributed by atoms with E-state index in [0.29, 0.717) is 19.3 Å². The van der Waals surface area contributed by atoms with Gasteiger partial charge in [-0.05, 0) is 64.2 Å². The summed E-state index contributed by atoms with van der Waals surface area (Å²) in [4.78, 5) is 26.2. The maximum Gasteiger partial charge on any atom is 0.306 e. The maximum absolute atomic E-state index is 13.2. The van der Waals surface area contributed by atoms with Gasteiger partial charge >= 0.3 is 5.97 Å². The Kier molecular flexibility index (Phi) is 49.1. The zero-order chi connectivity index (χ0) is 46.7. The van der Waals surface area contributed by atoms with Gasteiger partial charge < -0.3 is 20.3 Å². The van der Waals surface area contributed by atoms with Gasteiger partial charge in [0.05, 0.1) is 25.2 Å². The van der Waals surface area contributed by atoms with Crippen LogP contribution in [0.3, 0.4) is 0 Å². The summed E-state index contributed by atoms with van der Waals surface area (Å²) in [5, 5.41) is 23.8. The second kappa shape index (κ2) is 51.3. The molecular formula is C58H103NO5. The van der Waals surface area contributed by atoms with Crippen LogP contribution in [0.1, 0.15) is 258 Å². The van der Waals surface area contributed by atoms with Crippen LogP contribution in [-0.2, 0) is 14.3 Å². The number of carbonyl (C=O) groups is 2. The van der Waals surface area contributed by atoms with E-state index in [4.69, 9.17) is 4.74 Å². The quantitative estimate of drug-likeness (QED) is 0.0245. The average molecular weight is 894 g/mol. The molecular weight excluding hydrogens is 791 g/mol. The highest BCUT2D eigenvalue weighted by molar-refractivity contribution is 5.77. The van der Waals surface area contributed by atoms with Crippen molar-refractivity contribution in [3.8, 4) is 0 Å². The summed E-state index contributed by atoms with van der Waals surface area (Å²) in [6.45, 7) is 6.39. The van der Waals surface area contributed by atoms with Crippen molar-refractivity contribution in [3.63, 3.8) is 0 Å². The first-order valence-electron chi connectivity index (χ1n) is 27.2. The van der Waals surface area contributed by atoms with E-state index in [2.05, 4.69) is 74.7 Å². The van der Waals surface area contributed by atoms with Crippen molar-refractivity contribution in [1.82, 2.24) is 5.32 Å². The standard InChI is InChI=1S/C58H103NO5/c1-4-7-10-13-16-19-22-25-27-28-29-31-33-36-39-42-45-48-51-58(63)64-54(49-46-43-40-37-34-24-21-18-15-12-9-6-3)52-57(62)59-55(53-60)56(61)50-47-44-41-38-35-32-30-26-23-20-17-14-11-8-5-2/h10,13,16,19,22,25,27-29,31,37,40,54-56,60-61H,4-9,11-12,14-15,17-18,20-21,23-24,26,30,32-36,38-39,41-53H2,1-3H3,(H,59,62)/b13-10+,19-16+,25-22+,28-27+,31-29+,40-37-. The Morgan fingerprint density at radius 2 is 0.859 bits per heavy atom. The number of aliphatic hydroxyl groups excluding tert-OH is 2. The van der Waals surface area contributed by atoms with Crippen LogP contribution >= 0.6 is 0 Å². The Morgan fingerprint density at radius 3 is 1.34 bits per heavy atom. The third-order valence-electron chi connectivity index (χ3n) is 12.1. The average Bonchev–Trinajstić information content (AvgIpc) is 3.29. The van der Waals surface area contributed by atoms with E-state index in [1.54, 1.807) is 0 Å². The molecule has 0 saturated heterocycles. The molecule has 0 spiro atoms. The summed E-state index contributed by atoms with van der Waals surface area (Å²) in [7, 11) is 0. The molecule has 0 bridgehead atoms. The van der Waals surface area contributed by atoms with Crippen LogP contribution < -0.4 is 5.32 Å². The molecule has 3 unspecified atom stereocenters. The van der Waals surface area contributed by atoms with Crippen molar-refractivity contribution >= 4 is 11.9 Å². The fraction of sp³-hybridized carbons (Fsp3) is 0.759. The van der Waals surface area contributed by atoms with Gasteiger partial charge in [0.25, 0.3) is 0 Å². The molecule has 0 saturated carbocycles. The number of amides is 1. The van der Waals surface area contributed by atoms with Crippen molar-refractivity contribution in [2.45, 2.75) is 277 Å². The Bertz CT molecular complexity index is 1190. The van der Waals surface area contributed by atoms with Gasteiger partial charge in [0, 0.05) is 6.42 Å². The second-order valence-corrected chi connectivity index (χ2v) is 18.4. The lowest BCUT2D eigenvalue weighted by Crippen LogP contribution is -2.46. The number of ether oxygens (including phenoxy) is 1. The SMILES string of the molecule is CCC/C=C/C=C/C=C/C=C/C=C/CCCCCCCC(=O)OC(CCC/C=C\CCCCCCCCC)CC(=O)NC(CO)C(O)CCCCCCCCCCCCCCCCC. The molecule has 0 aromatic heterocycles. The predicted molar refractivity (Wildman–Crippen MR) is 278 cm³/mol. The minimum absolute atomic E-state index is 0.0441. The number of nitrogens with one attached hydrogen (secondary N) is 1. The van der Waals surface area contributed by atoms with E-state index in [1.165, 1.54) is 128 Å². The smallest absolute Gasteiger partial charge is 0.306 e. The normalized spacial score (nSPS) is 13.8. The largest absolute Gasteiger partial charge is 0.462 e. The van der Waals surface area contributed by atoms with Gasteiger partial charge in [-0.15, -0.1) is 0 Å². The molecule has 0 aliphatic rings. The molecule has 0 aromatic rings. The van der Waals surface area contributed by atoms with Crippen LogP contribution in [0.4, 0.5) is 0 Å². The molecule has 3 atom stereocenters. The monoisotopic (exact) mass is 894 g/mol. The highest BCUT2D eigenvalue weighted by Crippen LogP contribution is 2.17. The molecule has 64 heavy (non-hydrogen) atoms. The van der Waals surface area contributed by atoms with E-state index < -0.39 is 18.2 Å². The lowest BCUT2D eigenvalue weighted by Gasteiger charge is -2.24. The number of unbranched alkanes of at least 4 members (excludes halogenated alkanes) is 28. The third kappa shape index (κ3) is 45.9. The van der Waals surface area contributed by atoms with Crippen LogP contribution in [0.25, 0.3) is 0 Å². The molecule has 370 valence electrons. The van der Waals surface area contributed by atoms with Gasteiger partial charge in [0.2, 0.25) is 5.91 Å². The zero-order valence-corrected chi connectivity index (χ0v) is 42.1. The van der Waals surface area contributed by atoms with E-state index in [9.17, 15) is 19.8 Å². The van der Waals surface area contributed by atoms with Crippen molar-refractivity contribution < 1.29 is 24.5 Å². The topological polar surface area (TPSA) is 95.9 Å². The summed E-state index contributed by atoms with van der Waals surface area (Å²) < 4.78 is 5.91. The first-order chi connectivity index (χ1) is 31.5. The maximum atomic E-state index is 13.2. The van der Waals surface area contributed by atoms with E-state index in [1.807, 2.05) is 24.3 Å². The van der Waals surface area contributed by atoms with Crippen LogP contribution in [0.2, 0.25) is 0 Å². The molecule has 0 heterocycles. The molecule has 0 rings (SSSR count). The van der Waals surface area contributed by atoms with Crippen molar-refractivity contribution in [2.24, 2.45) is 0 Å². The van der Waals surface area contributed by atoms with Crippen molar-refractivity contribution in [2.75, 3.05) is 6.61 Å². The molecule has 0 fully saturated rings. The molecule has 0 aliphatic carbocycles. The summed E-state index contributed by atoms with van der Waals surface area (Å²) in [5.74, 6) is -0.530. The van der Waals surface area contributed by atoms with Crippen LogP contribution in [0.5, 0.6) is 0 Å². The van der Waals surface area contributed by atoms with Crippen molar-refractivity contribution in [3.05, 3.63) is 72.9 Å². The first-order valence-corrected chi connectivity index (χ1v) is 27.2. The predicted octanol–water partition coefficient (Wildman–Crippen LogP) is 16.6. The van der Waals surface area contributed by atoms with E-state index >= 15 is 0 Å². The summed E-state index contributed by atoms with van der Waals surface area (Å²) in [6, 6.07) is -0.718. The fourth-order valence-corrected chi connectivity index (χ4v) is 7.99. The highest BCUT2D eigenvalue weighted by atomic mass is 16.5. The van der Waals surface area contributed by atoms with Crippen LogP contribution in [-0.4, -0.2) is 46.9 Å². The van der Waals surface area contributed by atoms with Gasteiger partial charge in [0.15, 0.2) is 0 Å². The number of hydrogen-bond donors (Lipinski definition) is 3. The van der Waals surface area contributed by atoms with E-state index in [0.717, 1.165) is 83.5 Å². The first kappa shape index (κ1) is 61.3. The lowest BCUT2D eigenvalue weighted by molar-refractivity contribution is -0.151. The molecule has 0 radical (unpaired) electrons. The minimum Gasteiger partial charge on any atom is -0.462 e. The highest BCUT2D eigenvalue weighted by Gasteiger charge is 2.24. The van der Waals surface area contributed by atoms with E-state index in [-0.39, 0.29) is 24.9 Å². The van der Waals surface area contributed by atoms with Gasteiger partial charge in [-0.3, -0.25) is 9.59 Å². The van der Waals surface area contributed by atoms with Crippen molar-refractivity contribution in [1.29, 1.82) is 0 Å². The molecule has 6 heteroatoms. The number of esters is 1. The van der Waals surface area contributed by atoms with Gasteiger partial charge in [0.1, 0.15) is 6.10 Å². The summed E-state index contributed by atoms with van der Waals surface area (Å²) in [6.07, 6.45) is 65.3. The molecule has 3 N–H and O–H groups in total. The molecule has 0 aliphatic heterocycles. The number of allylic oxidation sites excluding steroid dienone is 12. The molecule has 0 aromatic carbocycles.